The number of hydrogen-bond acceptors (Lipinski definition) is 5. The predicted octanol–water partition coefficient (Wildman–Crippen LogP) is 4.33. The van der Waals surface area contributed by atoms with E-state index in [0.717, 1.165) is 22.6 Å². The summed E-state index contributed by atoms with van der Waals surface area (Å²) in [6, 6.07) is 8.54. The van der Waals surface area contributed by atoms with Crippen LogP contribution in [0.2, 0.25) is 0 Å². The third-order valence-corrected chi connectivity index (χ3v) is 7.72. The van der Waals surface area contributed by atoms with Crippen molar-refractivity contribution in [3.05, 3.63) is 64.7 Å². The van der Waals surface area contributed by atoms with Crippen molar-refractivity contribution in [1.82, 2.24) is 15.1 Å². The average molecular weight is 545 g/mol. The fraction of sp³-hybridized carbons (Fsp3) is 0.407. The third-order valence-electron chi connectivity index (χ3n) is 7.72. The molecule has 0 bridgehead atoms. The number of anilines is 1. The first-order chi connectivity index (χ1) is 18.4. The number of carbonyl (C=O) groups is 4. The standard InChI is InChI=1S/C27H27F3N4O5/c1-15-3-10-21(16-4-6-18(7-5-16)27(28,29)30)34(15)22(35)14-33-23(36)26(39-25(33)38)12-11-17-13-19(8-9-20(17)26)32-24(37)31-2/h4-9,13,15,21H,3,10-12,14H2,1-2H3,(H2,31,32,37)/t15-,21-,26?/m0/s1. The van der Waals surface area contributed by atoms with Gasteiger partial charge in [-0.2, -0.15) is 13.2 Å². The van der Waals surface area contributed by atoms with Crippen molar-refractivity contribution in [2.75, 3.05) is 18.9 Å². The van der Waals surface area contributed by atoms with Gasteiger partial charge in [-0.3, -0.25) is 9.59 Å². The molecule has 2 heterocycles. The lowest BCUT2D eigenvalue weighted by molar-refractivity contribution is -0.143. The van der Waals surface area contributed by atoms with Gasteiger partial charge in [0.1, 0.15) is 6.54 Å². The number of imide groups is 1. The third kappa shape index (κ3) is 4.57. The summed E-state index contributed by atoms with van der Waals surface area (Å²) in [4.78, 5) is 53.8. The molecule has 1 aliphatic carbocycles. The molecule has 3 atom stereocenters. The number of benzene rings is 2. The molecule has 0 radical (unpaired) electrons. The largest absolute Gasteiger partial charge is 0.427 e. The minimum atomic E-state index is -4.47. The molecule has 12 heteroatoms. The second kappa shape index (κ2) is 9.58. The molecule has 5 rings (SSSR count). The van der Waals surface area contributed by atoms with Crippen molar-refractivity contribution in [1.29, 1.82) is 0 Å². The number of aryl methyl sites for hydroxylation is 1. The highest BCUT2D eigenvalue weighted by atomic mass is 19.4. The predicted molar refractivity (Wildman–Crippen MR) is 132 cm³/mol. The minimum absolute atomic E-state index is 0.204. The van der Waals surface area contributed by atoms with Crippen molar-refractivity contribution in [3.8, 4) is 0 Å². The Morgan fingerprint density at radius 2 is 1.82 bits per heavy atom. The molecule has 2 saturated heterocycles. The Bertz CT molecular complexity index is 1350. The molecule has 2 aromatic rings. The zero-order chi connectivity index (χ0) is 28.1. The number of likely N-dealkylation sites (tertiary alicyclic amines) is 1. The Labute approximate surface area is 222 Å². The van der Waals surface area contributed by atoms with Gasteiger partial charge in [-0.05, 0) is 61.6 Å². The number of urea groups is 1. The van der Waals surface area contributed by atoms with Gasteiger partial charge in [-0.1, -0.05) is 18.2 Å². The molecule has 2 aliphatic heterocycles. The lowest BCUT2D eigenvalue weighted by Gasteiger charge is -2.30. The Balaban J connectivity index is 1.34. The molecule has 9 nitrogen and oxygen atoms in total. The normalized spacial score (nSPS) is 24.2. The monoisotopic (exact) mass is 544 g/mol. The summed E-state index contributed by atoms with van der Waals surface area (Å²) in [6.07, 6.45) is -3.59. The van der Waals surface area contributed by atoms with Crippen molar-refractivity contribution in [2.24, 2.45) is 0 Å². The Morgan fingerprint density at radius 1 is 1.10 bits per heavy atom. The summed E-state index contributed by atoms with van der Waals surface area (Å²) < 4.78 is 44.6. The number of alkyl halides is 3. The van der Waals surface area contributed by atoms with Crippen LogP contribution in [-0.4, -0.2) is 53.4 Å². The van der Waals surface area contributed by atoms with Gasteiger partial charge < -0.3 is 20.3 Å². The van der Waals surface area contributed by atoms with Gasteiger partial charge in [0.2, 0.25) is 11.5 Å². The van der Waals surface area contributed by atoms with E-state index < -0.39 is 53.9 Å². The van der Waals surface area contributed by atoms with Crippen LogP contribution < -0.4 is 10.6 Å². The van der Waals surface area contributed by atoms with E-state index >= 15 is 0 Å². The molecule has 0 saturated carbocycles. The highest BCUT2D eigenvalue weighted by Gasteiger charge is 2.58. The van der Waals surface area contributed by atoms with Gasteiger partial charge in [0.05, 0.1) is 11.6 Å². The second-order valence-corrected chi connectivity index (χ2v) is 10.0. The molecular weight excluding hydrogens is 517 g/mol. The summed E-state index contributed by atoms with van der Waals surface area (Å²) >= 11 is 0. The Morgan fingerprint density at radius 3 is 2.49 bits per heavy atom. The molecule has 1 unspecified atom stereocenters. The molecule has 3 aliphatic rings. The van der Waals surface area contributed by atoms with Crippen LogP contribution in [0.3, 0.4) is 0 Å². The summed E-state index contributed by atoms with van der Waals surface area (Å²) in [5.74, 6) is -1.12. The lowest BCUT2D eigenvalue weighted by Crippen LogP contribution is -2.46. The van der Waals surface area contributed by atoms with Crippen LogP contribution in [0.25, 0.3) is 0 Å². The molecular formula is C27H27F3N4O5. The van der Waals surface area contributed by atoms with Crippen LogP contribution in [0.4, 0.5) is 28.4 Å². The first-order valence-corrected chi connectivity index (χ1v) is 12.6. The van der Waals surface area contributed by atoms with Gasteiger partial charge in [0.25, 0.3) is 5.91 Å². The average Bonchev–Trinajstić information content (AvgIpc) is 3.53. The lowest BCUT2D eigenvalue weighted by atomic mass is 9.94. The van der Waals surface area contributed by atoms with Crippen LogP contribution in [0, 0.1) is 0 Å². The second-order valence-electron chi connectivity index (χ2n) is 10.0. The number of nitrogens with zero attached hydrogens (tertiary/aromatic N) is 2. The summed E-state index contributed by atoms with van der Waals surface area (Å²) in [7, 11) is 1.48. The smallest absolute Gasteiger partial charge is 0.418 e. The van der Waals surface area contributed by atoms with Crippen LogP contribution in [-0.2, 0) is 32.5 Å². The highest BCUT2D eigenvalue weighted by molar-refractivity contribution is 6.06. The van der Waals surface area contributed by atoms with Gasteiger partial charge in [0.15, 0.2) is 0 Å². The fourth-order valence-corrected chi connectivity index (χ4v) is 5.77. The SMILES string of the molecule is CNC(=O)Nc1ccc2c(c1)CCC21OC(=O)N(CC(=O)N2[C@@H](C)CC[C@H]2c2ccc(C(F)(F)F)cc2)C1=O. The quantitative estimate of drug-likeness (QED) is 0.596. The zero-order valence-electron chi connectivity index (χ0n) is 21.3. The summed E-state index contributed by atoms with van der Waals surface area (Å²) in [6.45, 7) is 1.29. The van der Waals surface area contributed by atoms with Crippen molar-refractivity contribution < 1.29 is 37.1 Å². The molecule has 1 spiro atoms. The molecule has 5 amide bonds. The van der Waals surface area contributed by atoms with Crippen LogP contribution >= 0.6 is 0 Å². The maximum atomic E-state index is 13.5. The van der Waals surface area contributed by atoms with E-state index in [-0.39, 0.29) is 12.5 Å². The maximum absolute atomic E-state index is 13.5. The number of rotatable bonds is 4. The number of halogens is 3. The van der Waals surface area contributed by atoms with Gasteiger partial charge in [-0.15, -0.1) is 0 Å². The van der Waals surface area contributed by atoms with E-state index in [4.69, 9.17) is 4.74 Å². The number of hydrogen-bond donors (Lipinski definition) is 2. The highest BCUT2D eigenvalue weighted by Crippen LogP contribution is 2.46. The zero-order valence-corrected chi connectivity index (χ0v) is 21.3. The number of ether oxygens (including phenoxy) is 1. The maximum Gasteiger partial charge on any atom is 0.418 e. The van der Waals surface area contributed by atoms with Gasteiger partial charge in [0, 0.05) is 30.8 Å². The topological polar surface area (TPSA) is 108 Å². The molecule has 0 aromatic heterocycles. The van der Waals surface area contributed by atoms with E-state index in [9.17, 15) is 32.3 Å². The van der Waals surface area contributed by atoms with Gasteiger partial charge in [-0.25, -0.2) is 14.5 Å². The van der Waals surface area contributed by atoms with E-state index in [1.807, 2.05) is 6.92 Å². The van der Waals surface area contributed by atoms with Crippen LogP contribution in [0.5, 0.6) is 0 Å². The van der Waals surface area contributed by atoms with Crippen molar-refractivity contribution in [3.63, 3.8) is 0 Å². The van der Waals surface area contributed by atoms with E-state index in [2.05, 4.69) is 10.6 Å². The number of amides is 5. The molecule has 206 valence electrons. The van der Waals surface area contributed by atoms with Crippen molar-refractivity contribution >= 4 is 29.6 Å². The molecule has 2 N–H and O–H groups in total. The molecule has 39 heavy (non-hydrogen) atoms. The van der Waals surface area contributed by atoms with Gasteiger partial charge >= 0.3 is 18.3 Å². The van der Waals surface area contributed by atoms with Crippen LogP contribution in [0.15, 0.2) is 42.5 Å². The van der Waals surface area contributed by atoms with Crippen molar-refractivity contribution in [2.45, 2.75) is 56.5 Å². The van der Waals surface area contributed by atoms with E-state index in [1.54, 1.807) is 18.2 Å². The molecule has 2 fully saturated rings. The Kier molecular flexibility index (Phi) is 6.51. The number of nitrogens with one attached hydrogen (secondary N) is 2. The Hall–Kier alpha value is -4.09. The fourth-order valence-electron chi connectivity index (χ4n) is 5.77. The number of fused-ring (bicyclic) bond motifs is 2. The first-order valence-electron chi connectivity index (χ1n) is 12.6. The first kappa shape index (κ1) is 26.5. The minimum Gasteiger partial charge on any atom is -0.427 e. The summed E-state index contributed by atoms with van der Waals surface area (Å²) in [5.41, 5.74) is 0.00919. The van der Waals surface area contributed by atoms with Crippen LogP contribution in [0.1, 0.15) is 54.5 Å². The number of carbonyl (C=O) groups excluding carboxylic acids is 4. The molecule has 2 aromatic carbocycles. The summed E-state index contributed by atoms with van der Waals surface area (Å²) in [5, 5.41) is 5.11. The van der Waals surface area contributed by atoms with E-state index in [0.29, 0.717) is 36.1 Å². The van der Waals surface area contributed by atoms with E-state index in [1.165, 1.54) is 24.1 Å².